The number of hydrogen-bond donors (Lipinski definition) is 2. The highest BCUT2D eigenvalue weighted by molar-refractivity contribution is 8.00. The molecular weight excluding hydrogens is 402 g/mol. The highest BCUT2D eigenvalue weighted by atomic mass is 35.5. The van der Waals surface area contributed by atoms with E-state index >= 15 is 0 Å². The van der Waals surface area contributed by atoms with Crippen molar-refractivity contribution in [3.05, 3.63) is 58.1 Å². The predicted molar refractivity (Wildman–Crippen MR) is 111 cm³/mol. The number of hydrogen-bond acceptors (Lipinski definition) is 5. The lowest BCUT2D eigenvalue weighted by atomic mass is 10.2. The number of aryl methyl sites for hydroxylation is 1. The van der Waals surface area contributed by atoms with Crippen LogP contribution in [0.3, 0.4) is 0 Å². The first-order chi connectivity index (χ1) is 13.0. The van der Waals surface area contributed by atoms with Crippen LogP contribution in [0.4, 0.5) is 11.4 Å². The van der Waals surface area contributed by atoms with E-state index < -0.39 is 0 Å². The molecule has 0 atom stereocenters. The van der Waals surface area contributed by atoms with Crippen LogP contribution in [0, 0.1) is 6.92 Å². The fourth-order valence-corrected chi connectivity index (χ4v) is 4.64. The number of aromatic nitrogens is 1. The number of thiazole rings is 1. The molecule has 8 heteroatoms. The number of benzene rings is 2. The van der Waals surface area contributed by atoms with Crippen molar-refractivity contribution in [1.29, 1.82) is 0 Å². The summed E-state index contributed by atoms with van der Waals surface area (Å²) >= 11 is 8.85. The summed E-state index contributed by atoms with van der Waals surface area (Å²) in [7, 11) is 0. The maximum Gasteiger partial charge on any atom is 0.267 e. The second-order valence-corrected chi connectivity index (χ2v) is 8.40. The van der Waals surface area contributed by atoms with Crippen LogP contribution >= 0.6 is 34.7 Å². The van der Waals surface area contributed by atoms with E-state index in [0.717, 1.165) is 21.2 Å². The smallest absolute Gasteiger partial charge is 0.267 e. The molecule has 3 aromatic rings. The summed E-state index contributed by atoms with van der Waals surface area (Å²) in [5, 5.41) is 7.08. The second kappa shape index (κ2) is 7.34. The zero-order valence-corrected chi connectivity index (χ0v) is 16.6. The minimum Gasteiger partial charge on any atom is -0.324 e. The van der Waals surface area contributed by atoms with E-state index in [9.17, 15) is 9.59 Å². The zero-order chi connectivity index (χ0) is 19.0. The molecule has 2 N–H and O–H groups in total. The minimum absolute atomic E-state index is 0.0413. The highest BCUT2D eigenvalue weighted by Crippen LogP contribution is 2.34. The van der Waals surface area contributed by atoms with Gasteiger partial charge in [-0.15, -0.1) is 23.1 Å². The SMILES string of the molecule is Cc1nc(-c2cccc(Cl)c2)sc1C(=O)Nc1ccc2c(c1)NC(=O)CS2. The number of halogens is 1. The fourth-order valence-electron chi connectivity index (χ4n) is 2.70. The van der Waals surface area contributed by atoms with E-state index in [1.54, 1.807) is 12.1 Å². The Balaban J connectivity index is 1.57. The summed E-state index contributed by atoms with van der Waals surface area (Å²) in [5.74, 6) is 0.138. The van der Waals surface area contributed by atoms with E-state index in [2.05, 4.69) is 15.6 Å². The van der Waals surface area contributed by atoms with E-state index in [0.29, 0.717) is 27.0 Å². The zero-order valence-electron chi connectivity index (χ0n) is 14.2. The monoisotopic (exact) mass is 415 g/mol. The minimum atomic E-state index is -0.229. The Bertz CT molecular complexity index is 1060. The van der Waals surface area contributed by atoms with Crippen molar-refractivity contribution in [3.63, 3.8) is 0 Å². The molecule has 0 fully saturated rings. The lowest BCUT2D eigenvalue weighted by Gasteiger charge is -2.17. The van der Waals surface area contributed by atoms with Crippen molar-refractivity contribution in [3.8, 4) is 10.6 Å². The molecule has 5 nitrogen and oxygen atoms in total. The standard InChI is InChI=1S/C19H14ClN3O2S2/c1-10-17(27-19(21-10)11-3-2-4-12(20)7-11)18(25)22-13-5-6-15-14(8-13)23-16(24)9-26-15/h2-8H,9H2,1H3,(H,22,25)(H,23,24). The number of carbonyl (C=O) groups is 2. The molecule has 2 heterocycles. The second-order valence-electron chi connectivity index (χ2n) is 5.95. The third kappa shape index (κ3) is 3.85. The molecule has 2 aromatic carbocycles. The Morgan fingerprint density at radius 2 is 2.11 bits per heavy atom. The van der Waals surface area contributed by atoms with Gasteiger partial charge in [0.05, 0.1) is 17.1 Å². The average Bonchev–Trinajstić information content (AvgIpc) is 3.03. The molecule has 136 valence electrons. The number of thioether (sulfide) groups is 1. The Kier molecular flexibility index (Phi) is 4.90. The molecule has 1 aliphatic heterocycles. The molecule has 2 amide bonds. The van der Waals surface area contributed by atoms with Crippen molar-refractivity contribution in [2.45, 2.75) is 11.8 Å². The summed E-state index contributed by atoms with van der Waals surface area (Å²) in [5.41, 5.74) is 2.88. The van der Waals surface area contributed by atoms with Gasteiger partial charge >= 0.3 is 0 Å². The Morgan fingerprint density at radius 3 is 2.93 bits per heavy atom. The maximum atomic E-state index is 12.7. The summed E-state index contributed by atoms with van der Waals surface area (Å²) in [6, 6.07) is 12.9. The van der Waals surface area contributed by atoms with Crippen molar-refractivity contribution in [2.75, 3.05) is 16.4 Å². The number of fused-ring (bicyclic) bond motifs is 1. The van der Waals surface area contributed by atoms with Gasteiger partial charge in [-0.05, 0) is 37.3 Å². The number of amides is 2. The largest absolute Gasteiger partial charge is 0.324 e. The number of nitrogens with zero attached hydrogens (tertiary/aromatic N) is 1. The van der Waals surface area contributed by atoms with Gasteiger partial charge in [0.15, 0.2) is 0 Å². The van der Waals surface area contributed by atoms with Gasteiger partial charge < -0.3 is 10.6 Å². The van der Waals surface area contributed by atoms with Crippen molar-refractivity contribution < 1.29 is 9.59 Å². The van der Waals surface area contributed by atoms with Gasteiger partial charge in [-0.3, -0.25) is 9.59 Å². The van der Waals surface area contributed by atoms with Crippen LogP contribution in [-0.2, 0) is 4.79 Å². The summed E-state index contributed by atoms with van der Waals surface area (Å²) in [6.07, 6.45) is 0. The molecular formula is C19H14ClN3O2S2. The van der Waals surface area contributed by atoms with E-state index in [-0.39, 0.29) is 11.8 Å². The summed E-state index contributed by atoms with van der Waals surface area (Å²) in [4.78, 5) is 30.3. The Labute approximate surface area is 169 Å². The average molecular weight is 416 g/mol. The van der Waals surface area contributed by atoms with Gasteiger partial charge in [-0.25, -0.2) is 4.98 Å². The third-order valence-corrected chi connectivity index (χ3v) is 6.46. The van der Waals surface area contributed by atoms with Crippen molar-refractivity contribution in [1.82, 2.24) is 4.98 Å². The number of carbonyl (C=O) groups excluding carboxylic acids is 2. The quantitative estimate of drug-likeness (QED) is 0.626. The highest BCUT2D eigenvalue weighted by Gasteiger charge is 2.19. The molecule has 0 saturated carbocycles. The van der Waals surface area contributed by atoms with Crippen LogP contribution in [0.25, 0.3) is 10.6 Å². The van der Waals surface area contributed by atoms with Gasteiger partial charge in [0, 0.05) is 21.2 Å². The van der Waals surface area contributed by atoms with Crippen LogP contribution < -0.4 is 10.6 Å². The molecule has 1 aromatic heterocycles. The van der Waals surface area contributed by atoms with E-state index in [1.165, 1.54) is 23.1 Å². The van der Waals surface area contributed by atoms with Crippen LogP contribution in [0.1, 0.15) is 15.4 Å². The molecule has 0 aliphatic carbocycles. The molecule has 0 spiro atoms. The number of rotatable bonds is 3. The molecule has 27 heavy (non-hydrogen) atoms. The molecule has 0 saturated heterocycles. The summed E-state index contributed by atoms with van der Waals surface area (Å²) < 4.78 is 0. The van der Waals surface area contributed by atoms with Crippen LogP contribution in [0.2, 0.25) is 5.02 Å². The van der Waals surface area contributed by atoms with Crippen LogP contribution in [-0.4, -0.2) is 22.6 Å². The summed E-state index contributed by atoms with van der Waals surface area (Å²) in [6.45, 7) is 1.81. The normalized spacial score (nSPS) is 13.0. The van der Waals surface area contributed by atoms with Crippen LogP contribution in [0.15, 0.2) is 47.4 Å². The third-order valence-electron chi connectivity index (χ3n) is 3.94. The molecule has 0 bridgehead atoms. The van der Waals surface area contributed by atoms with Crippen LogP contribution in [0.5, 0.6) is 0 Å². The van der Waals surface area contributed by atoms with Crippen molar-refractivity contribution in [2.24, 2.45) is 0 Å². The molecule has 1 aliphatic rings. The first-order valence-corrected chi connectivity index (χ1v) is 10.3. The Hall–Kier alpha value is -2.35. The maximum absolute atomic E-state index is 12.7. The van der Waals surface area contributed by atoms with E-state index in [1.807, 2.05) is 37.3 Å². The van der Waals surface area contributed by atoms with E-state index in [4.69, 9.17) is 11.6 Å². The van der Waals surface area contributed by atoms with Gasteiger partial charge in [0.25, 0.3) is 5.91 Å². The van der Waals surface area contributed by atoms with Gasteiger partial charge in [0.1, 0.15) is 9.88 Å². The predicted octanol–water partition coefficient (Wildman–Crippen LogP) is 5.07. The van der Waals surface area contributed by atoms with Gasteiger partial charge in [0.2, 0.25) is 5.91 Å². The molecule has 0 unspecified atom stereocenters. The lowest BCUT2D eigenvalue weighted by Crippen LogP contribution is -2.19. The number of nitrogens with one attached hydrogen (secondary N) is 2. The molecule has 0 radical (unpaired) electrons. The molecule has 4 rings (SSSR count). The van der Waals surface area contributed by atoms with Gasteiger partial charge in [-0.2, -0.15) is 0 Å². The first kappa shape index (κ1) is 18.0. The lowest BCUT2D eigenvalue weighted by molar-refractivity contribution is -0.113. The topological polar surface area (TPSA) is 71.1 Å². The van der Waals surface area contributed by atoms with Gasteiger partial charge in [-0.1, -0.05) is 23.7 Å². The van der Waals surface area contributed by atoms with Crippen molar-refractivity contribution >= 4 is 57.9 Å². The number of anilines is 2. The fraction of sp³-hybridized carbons (Fsp3) is 0.105. The first-order valence-electron chi connectivity index (χ1n) is 8.11. The Morgan fingerprint density at radius 1 is 1.26 bits per heavy atom.